The van der Waals surface area contributed by atoms with E-state index in [1.165, 1.54) is 0 Å². The van der Waals surface area contributed by atoms with Crippen LogP contribution < -0.4 is 0 Å². The normalized spacial score (nSPS) is 22.4. The maximum atomic E-state index is 7.43. The molecule has 0 radical (unpaired) electrons. The van der Waals surface area contributed by atoms with Crippen molar-refractivity contribution in [3.05, 3.63) is 0 Å². The van der Waals surface area contributed by atoms with Gasteiger partial charge in [-0.15, -0.1) is 0 Å². The molecule has 0 atom stereocenters. The SMILES string of the molecule is CCN1CC(=N)CN1CC. The first-order valence-corrected chi connectivity index (χ1v) is 3.84. The van der Waals surface area contributed by atoms with Crippen molar-refractivity contribution in [1.82, 2.24) is 10.0 Å². The number of rotatable bonds is 2. The van der Waals surface area contributed by atoms with Crippen molar-refractivity contribution in [3.63, 3.8) is 0 Å². The summed E-state index contributed by atoms with van der Waals surface area (Å²) in [6, 6.07) is 0. The average molecular weight is 141 g/mol. The van der Waals surface area contributed by atoms with Crippen LogP contribution in [0.1, 0.15) is 13.8 Å². The van der Waals surface area contributed by atoms with Crippen molar-refractivity contribution < 1.29 is 0 Å². The Bertz CT molecular complexity index is 119. The van der Waals surface area contributed by atoms with E-state index in [0.717, 1.165) is 31.9 Å². The second-order valence-corrected chi connectivity index (χ2v) is 2.57. The summed E-state index contributed by atoms with van der Waals surface area (Å²) in [7, 11) is 0. The van der Waals surface area contributed by atoms with Gasteiger partial charge < -0.3 is 5.41 Å². The monoisotopic (exact) mass is 141 g/mol. The smallest absolute Gasteiger partial charge is 0.0524 e. The fourth-order valence-electron chi connectivity index (χ4n) is 1.31. The third-order valence-electron chi connectivity index (χ3n) is 1.88. The molecular weight excluding hydrogens is 126 g/mol. The minimum atomic E-state index is 0.837. The van der Waals surface area contributed by atoms with Gasteiger partial charge in [0.25, 0.3) is 0 Å². The summed E-state index contributed by atoms with van der Waals surface area (Å²) in [5.41, 5.74) is 0.837. The van der Waals surface area contributed by atoms with Gasteiger partial charge in [0.15, 0.2) is 0 Å². The maximum absolute atomic E-state index is 7.43. The molecule has 1 rings (SSSR count). The molecule has 1 fully saturated rings. The van der Waals surface area contributed by atoms with E-state index in [4.69, 9.17) is 5.41 Å². The second-order valence-electron chi connectivity index (χ2n) is 2.57. The fourth-order valence-corrected chi connectivity index (χ4v) is 1.31. The van der Waals surface area contributed by atoms with Crippen LogP contribution in [-0.4, -0.2) is 41.9 Å². The van der Waals surface area contributed by atoms with E-state index < -0.39 is 0 Å². The zero-order valence-electron chi connectivity index (χ0n) is 6.72. The quantitative estimate of drug-likeness (QED) is 0.609. The molecule has 0 aromatic carbocycles. The number of nitrogens with one attached hydrogen (secondary N) is 1. The van der Waals surface area contributed by atoms with Gasteiger partial charge in [-0.05, 0) is 0 Å². The van der Waals surface area contributed by atoms with Crippen LogP contribution >= 0.6 is 0 Å². The lowest BCUT2D eigenvalue weighted by Gasteiger charge is -2.23. The third kappa shape index (κ3) is 1.36. The van der Waals surface area contributed by atoms with Gasteiger partial charge in [-0.25, -0.2) is 10.0 Å². The van der Waals surface area contributed by atoms with Gasteiger partial charge in [0.2, 0.25) is 0 Å². The largest absolute Gasteiger partial charge is 0.307 e. The van der Waals surface area contributed by atoms with Gasteiger partial charge in [0.1, 0.15) is 0 Å². The van der Waals surface area contributed by atoms with Crippen LogP contribution in [0.2, 0.25) is 0 Å². The van der Waals surface area contributed by atoms with Gasteiger partial charge in [0, 0.05) is 18.8 Å². The number of hydrogen-bond acceptors (Lipinski definition) is 3. The molecule has 3 nitrogen and oxygen atoms in total. The summed E-state index contributed by atoms with van der Waals surface area (Å²) in [5, 5.41) is 11.9. The minimum absolute atomic E-state index is 0.837. The molecule has 0 aliphatic carbocycles. The molecule has 1 aliphatic heterocycles. The van der Waals surface area contributed by atoms with Crippen molar-refractivity contribution in [2.24, 2.45) is 0 Å². The maximum Gasteiger partial charge on any atom is 0.0524 e. The van der Waals surface area contributed by atoms with Gasteiger partial charge >= 0.3 is 0 Å². The summed E-state index contributed by atoms with van der Waals surface area (Å²) in [6.45, 7) is 7.98. The zero-order valence-corrected chi connectivity index (χ0v) is 6.72. The predicted molar refractivity (Wildman–Crippen MR) is 42.2 cm³/mol. The molecule has 0 aromatic heterocycles. The van der Waals surface area contributed by atoms with Gasteiger partial charge in [-0.2, -0.15) is 0 Å². The van der Waals surface area contributed by atoms with Gasteiger partial charge in [0.05, 0.1) is 13.1 Å². The van der Waals surface area contributed by atoms with Crippen LogP contribution in [0.4, 0.5) is 0 Å². The van der Waals surface area contributed by atoms with E-state index in [-0.39, 0.29) is 0 Å². The van der Waals surface area contributed by atoms with E-state index in [2.05, 4.69) is 23.9 Å². The Hall–Kier alpha value is -0.410. The number of hydrazine groups is 1. The second kappa shape index (κ2) is 3.12. The number of hydrogen-bond donors (Lipinski definition) is 1. The minimum Gasteiger partial charge on any atom is -0.307 e. The highest BCUT2D eigenvalue weighted by Crippen LogP contribution is 2.05. The third-order valence-corrected chi connectivity index (χ3v) is 1.88. The summed E-state index contributed by atoms with van der Waals surface area (Å²) in [4.78, 5) is 0. The lowest BCUT2D eigenvalue weighted by Crippen LogP contribution is -2.35. The first kappa shape index (κ1) is 7.69. The average Bonchev–Trinajstić information content (AvgIpc) is 2.30. The van der Waals surface area contributed by atoms with Gasteiger partial charge in [-0.3, -0.25) is 0 Å². The van der Waals surface area contributed by atoms with Crippen LogP contribution in [0.3, 0.4) is 0 Å². The van der Waals surface area contributed by atoms with Crippen molar-refractivity contribution in [2.45, 2.75) is 13.8 Å². The van der Waals surface area contributed by atoms with Crippen LogP contribution in [0.5, 0.6) is 0 Å². The molecule has 58 valence electrons. The van der Waals surface area contributed by atoms with E-state index in [0.29, 0.717) is 0 Å². The van der Waals surface area contributed by atoms with E-state index in [9.17, 15) is 0 Å². The molecule has 0 saturated carbocycles. The highest BCUT2D eigenvalue weighted by atomic mass is 15.6. The Morgan fingerprint density at radius 1 is 1.20 bits per heavy atom. The molecule has 0 bridgehead atoms. The van der Waals surface area contributed by atoms with Crippen LogP contribution in [-0.2, 0) is 0 Å². The molecule has 0 amide bonds. The van der Waals surface area contributed by atoms with Crippen LogP contribution in [0.25, 0.3) is 0 Å². The molecular formula is C7H15N3. The van der Waals surface area contributed by atoms with E-state index >= 15 is 0 Å². The molecule has 0 unspecified atom stereocenters. The Morgan fingerprint density at radius 2 is 1.60 bits per heavy atom. The molecule has 1 N–H and O–H groups in total. The summed E-state index contributed by atoms with van der Waals surface area (Å²) in [6.07, 6.45) is 0. The number of nitrogens with zero attached hydrogens (tertiary/aromatic N) is 2. The van der Waals surface area contributed by atoms with Crippen LogP contribution in [0.15, 0.2) is 0 Å². The Kier molecular flexibility index (Phi) is 2.40. The van der Waals surface area contributed by atoms with Crippen molar-refractivity contribution in [2.75, 3.05) is 26.2 Å². The lowest BCUT2D eigenvalue weighted by molar-refractivity contribution is 0.0388. The molecule has 3 heteroatoms. The predicted octanol–water partition coefficient (Wildman–Crippen LogP) is 0.579. The fraction of sp³-hybridized carbons (Fsp3) is 0.857. The molecule has 1 saturated heterocycles. The molecule has 0 spiro atoms. The van der Waals surface area contributed by atoms with Gasteiger partial charge in [-0.1, -0.05) is 13.8 Å². The van der Waals surface area contributed by atoms with E-state index in [1.807, 2.05) is 0 Å². The molecule has 0 aromatic rings. The van der Waals surface area contributed by atoms with Crippen LogP contribution in [0, 0.1) is 5.41 Å². The first-order valence-electron chi connectivity index (χ1n) is 3.84. The molecule has 1 heterocycles. The Labute approximate surface area is 62.1 Å². The zero-order chi connectivity index (χ0) is 7.56. The first-order chi connectivity index (χ1) is 4.77. The van der Waals surface area contributed by atoms with Crippen molar-refractivity contribution in [3.8, 4) is 0 Å². The Morgan fingerprint density at radius 3 is 1.90 bits per heavy atom. The summed E-state index contributed by atoms with van der Waals surface area (Å²) in [5.74, 6) is 0. The topological polar surface area (TPSA) is 30.3 Å². The van der Waals surface area contributed by atoms with E-state index in [1.54, 1.807) is 0 Å². The standard InChI is InChI=1S/C7H15N3/c1-3-9-5-7(8)6-10(9)4-2/h8H,3-6H2,1-2H3. The molecule has 10 heavy (non-hydrogen) atoms. The molecule has 1 aliphatic rings. The Balaban J connectivity index is 2.48. The van der Waals surface area contributed by atoms with Crippen molar-refractivity contribution >= 4 is 5.71 Å². The highest BCUT2D eigenvalue weighted by molar-refractivity contribution is 5.86. The lowest BCUT2D eigenvalue weighted by atomic mass is 10.4. The summed E-state index contributed by atoms with van der Waals surface area (Å²) >= 11 is 0. The highest BCUT2D eigenvalue weighted by Gasteiger charge is 2.21. The summed E-state index contributed by atoms with van der Waals surface area (Å²) < 4.78 is 0. The van der Waals surface area contributed by atoms with Crippen molar-refractivity contribution in [1.29, 1.82) is 5.41 Å².